The van der Waals surface area contributed by atoms with E-state index >= 15 is 0 Å². The molecule has 5 nitrogen and oxygen atoms in total. The van der Waals surface area contributed by atoms with Crippen molar-refractivity contribution in [1.29, 1.82) is 0 Å². The predicted molar refractivity (Wildman–Crippen MR) is 93.1 cm³/mol. The quantitative estimate of drug-likeness (QED) is 0.921. The maximum Gasteiger partial charge on any atom is 0.222 e. The zero-order valence-electron chi connectivity index (χ0n) is 13.1. The van der Waals surface area contributed by atoms with Gasteiger partial charge in [-0.3, -0.25) is 9.79 Å². The maximum absolute atomic E-state index is 11.3. The topological polar surface area (TPSA) is 67.2 Å². The van der Waals surface area contributed by atoms with Crippen LogP contribution in [0.2, 0.25) is 0 Å². The van der Waals surface area contributed by atoms with Crippen LogP contribution in [0, 0.1) is 0 Å². The van der Waals surface area contributed by atoms with Crippen LogP contribution < -0.4 is 5.32 Å². The summed E-state index contributed by atoms with van der Waals surface area (Å²) in [4.78, 5) is 23.8. The highest BCUT2D eigenvalue weighted by molar-refractivity contribution is 8.14. The molecule has 1 amide bonds. The van der Waals surface area contributed by atoms with Crippen LogP contribution in [0.3, 0.4) is 0 Å². The van der Waals surface area contributed by atoms with Crippen LogP contribution in [-0.4, -0.2) is 27.6 Å². The van der Waals surface area contributed by atoms with Crippen LogP contribution in [0.1, 0.15) is 25.8 Å². The number of aromatic nitrogens is 2. The molecule has 0 radical (unpaired) electrons. The van der Waals surface area contributed by atoms with Crippen molar-refractivity contribution >= 4 is 22.8 Å². The van der Waals surface area contributed by atoms with Gasteiger partial charge in [-0.05, 0) is 30.5 Å². The van der Waals surface area contributed by atoms with Gasteiger partial charge in [0.05, 0.1) is 0 Å². The number of benzene rings is 1. The molecule has 0 aliphatic carbocycles. The minimum Gasteiger partial charge on any atom is -0.306 e. The second-order valence-corrected chi connectivity index (χ2v) is 7.15. The lowest BCUT2D eigenvalue weighted by Crippen LogP contribution is -2.34. The van der Waals surface area contributed by atoms with E-state index in [1.807, 2.05) is 18.5 Å². The Hall–Kier alpha value is -2.21. The molecule has 0 bridgehead atoms. The molecule has 1 atom stereocenters. The third-order valence-electron chi connectivity index (χ3n) is 3.82. The number of carbonyl (C=O) groups excluding carboxylic acids is 1. The first-order chi connectivity index (χ1) is 11.1. The van der Waals surface area contributed by atoms with Crippen LogP contribution in [0.5, 0.6) is 0 Å². The van der Waals surface area contributed by atoms with Crippen LogP contribution in [0.15, 0.2) is 48.0 Å². The van der Waals surface area contributed by atoms with Gasteiger partial charge in [0.15, 0.2) is 5.17 Å². The van der Waals surface area contributed by atoms with E-state index in [4.69, 9.17) is 0 Å². The first-order valence-electron chi connectivity index (χ1n) is 7.44. The van der Waals surface area contributed by atoms with E-state index in [0.717, 1.165) is 17.5 Å². The number of aliphatic imine (C=N–C) groups is 1. The molecule has 23 heavy (non-hydrogen) atoms. The predicted octanol–water partition coefficient (Wildman–Crippen LogP) is 2.99. The zero-order chi connectivity index (χ0) is 16.3. The highest BCUT2D eigenvalue weighted by Crippen LogP contribution is 2.43. The molecule has 2 heterocycles. The Labute approximate surface area is 139 Å². The molecule has 0 unspecified atom stereocenters. The first kappa shape index (κ1) is 15.7. The molecule has 0 fully saturated rings. The molecule has 3 rings (SSSR count). The number of nitrogens with zero attached hydrogens (tertiary/aromatic N) is 3. The average molecular weight is 326 g/mol. The Morgan fingerprint density at radius 2 is 2.04 bits per heavy atom. The van der Waals surface area contributed by atoms with Gasteiger partial charge in [0, 0.05) is 36.2 Å². The Kier molecular flexibility index (Phi) is 4.43. The summed E-state index contributed by atoms with van der Waals surface area (Å²) in [6.45, 7) is 4.40. The van der Waals surface area contributed by atoms with Gasteiger partial charge in [0.2, 0.25) is 5.91 Å². The molecule has 0 saturated carbocycles. The summed E-state index contributed by atoms with van der Waals surface area (Å²) >= 11 is 1.61. The largest absolute Gasteiger partial charge is 0.306 e. The average Bonchev–Trinajstić information content (AvgIpc) is 2.55. The molecule has 1 aliphatic heterocycles. The Balaban J connectivity index is 1.89. The van der Waals surface area contributed by atoms with E-state index in [-0.39, 0.29) is 10.7 Å². The van der Waals surface area contributed by atoms with E-state index in [9.17, 15) is 4.79 Å². The van der Waals surface area contributed by atoms with E-state index in [0.29, 0.717) is 11.7 Å². The molecule has 0 spiro atoms. The maximum atomic E-state index is 11.3. The molecule has 2 aromatic rings. The lowest BCUT2D eigenvalue weighted by Gasteiger charge is -2.33. The van der Waals surface area contributed by atoms with Crippen molar-refractivity contribution in [3.05, 3.63) is 48.5 Å². The molecule has 6 heteroatoms. The van der Waals surface area contributed by atoms with Crippen molar-refractivity contribution in [2.24, 2.45) is 4.99 Å². The van der Waals surface area contributed by atoms with E-state index < -0.39 is 0 Å². The third kappa shape index (κ3) is 3.59. The van der Waals surface area contributed by atoms with Crippen LogP contribution in [-0.2, 0) is 9.54 Å². The fraction of sp³-hybridized carbons (Fsp3) is 0.294. The van der Waals surface area contributed by atoms with Crippen molar-refractivity contribution in [3.63, 3.8) is 0 Å². The lowest BCUT2D eigenvalue weighted by molar-refractivity contribution is -0.117. The Morgan fingerprint density at radius 1 is 1.26 bits per heavy atom. The fourth-order valence-corrected chi connectivity index (χ4v) is 3.78. The number of hydrogen-bond acceptors (Lipinski definition) is 5. The monoisotopic (exact) mass is 326 g/mol. The highest BCUT2D eigenvalue weighted by Gasteiger charge is 2.32. The standard InChI is InChI=1S/C17H18N4OS/c1-12(22)21-16-20-7-6-17(2,23-16)15-5-3-4-13(8-15)14-9-18-11-19-10-14/h3-5,8-11H,6-7H2,1-2H3,(H,20,21,22)/t17-/m0/s1. The lowest BCUT2D eigenvalue weighted by atomic mass is 9.93. The van der Waals surface area contributed by atoms with E-state index in [2.05, 4.69) is 45.4 Å². The van der Waals surface area contributed by atoms with Crippen molar-refractivity contribution in [1.82, 2.24) is 15.3 Å². The van der Waals surface area contributed by atoms with Gasteiger partial charge in [-0.15, -0.1) is 0 Å². The normalized spacial score (nSPS) is 20.7. The second-order valence-electron chi connectivity index (χ2n) is 5.66. The highest BCUT2D eigenvalue weighted by atomic mass is 32.2. The SMILES string of the molecule is CC(=O)NC1=NCC[C@@](C)(c2cccc(-c3cncnc3)c2)S1. The number of rotatable bonds is 2. The molecule has 118 valence electrons. The number of nitrogens with one attached hydrogen (secondary N) is 1. The summed E-state index contributed by atoms with van der Waals surface area (Å²) < 4.78 is -0.120. The van der Waals surface area contributed by atoms with Crippen molar-refractivity contribution < 1.29 is 4.79 Å². The van der Waals surface area contributed by atoms with Crippen LogP contribution >= 0.6 is 11.8 Å². The summed E-state index contributed by atoms with van der Waals surface area (Å²) in [5, 5.41) is 3.50. The molecule has 0 saturated heterocycles. The summed E-state index contributed by atoms with van der Waals surface area (Å²) in [6, 6.07) is 8.40. The van der Waals surface area contributed by atoms with Crippen LogP contribution in [0.25, 0.3) is 11.1 Å². The van der Waals surface area contributed by atoms with Crippen LogP contribution in [0.4, 0.5) is 0 Å². The zero-order valence-corrected chi connectivity index (χ0v) is 13.9. The number of hydrogen-bond donors (Lipinski definition) is 1. The number of carbonyl (C=O) groups is 1. The molecular weight excluding hydrogens is 308 g/mol. The van der Waals surface area contributed by atoms with Gasteiger partial charge in [-0.2, -0.15) is 0 Å². The van der Waals surface area contributed by atoms with Crippen molar-refractivity contribution in [2.45, 2.75) is 25.0 Å². The van der Waals surface area contributed by atoms with E-state index in [1.54, 1.807) is 11.8 Å². The fourth-order valence-electron chi connectivity index (χ4n) is 2.56. The summed E-state index contributed by atoms with van der Waals surface area (Å²) in [5.41, 5.74) is 3.30. The molecule has 1 aromatic heterocycles. The van der Waals surface area contributed by atoms with Gasteiger partial charge >= 0.3 is 0 Å². The first-order valence-corrected chi connectivity index (χ1v) is 8.25. The van der Waals surface area contributed by atoms with Gasteiger partial charge in [0.1, 0.15) is 6.33 Å². The smallest absolute Gasteiger partial charge is 0.222 e. The van der Waals surface area contributed by atoms with Gasteiger partial charge in [0.25, 0.3) is 0 Å². The Morgan fingerprint density at radius 3 is 2.78 bits per heavy atom. The number of amidine groups is 1. The minimum atomic E-state index is -0.120. The molecule has 1 N–H and O–H groups in total. The number of amides is 1. The Bertz CT molecular complexity index is 747. The number of thioether (sulfide) groups is 1. The molecule has 1 aliphatic rings. The van der Waals surface area contributed by atoms with Crippen molar-refractivity contribution in [2.75, 3.05) is 6.54 Å². The molecular formula is C17H18N4OS. The molecule has 1 aromatic carbocycles. The van der Waals surface area contributed by atoms with Gasteiger partial charge < -0.3 is 5.32 Å². The second kappa shape index (κ2) is 6.50. The third-order valence-corrected chi connectivity index (χ3v) is 5.13. The summed E-state index contributed by atoms with van der Waals surface area (Å²) in [6.07, 6.45) is 6.08. The van der Waals surface area contributed by atoms with Gasteiger partial charge in [-0.25, -0.2) is 9.97 Å². The van der Waals surface area contributed by atoms with E-state index in [1.165, 1.54) is 18.8 Å². The summed E-state index contributed by atoms with van der Waals surface area (Å²) in [7, 11) is 0. The minimum absolute atomic E-state index is 0.0873. The summed E-state index contributed by atoms with van der Waals surface area (Å²) in [5.74, 6) is -0.0873. The van der Waals surface area contributed by atoms with Crippen molar-refractivity contribution in [3.8, 4) is 11.1 Å². The van der Waals surface area contributed by atoms with Gasteiger partial charge in [-0.1, -0.05) is 30.0 Å².